The Morgan fingerprint density at radius 3 is 2.73 bits per heavy atom. The molecule has 0 fully saturated rings. The third-order valence-electron chi connectivity index (χ3n) is 4.41. The lowest BCUT2D eigenvalue weighted by molar-refractivity contribution is 0.0505. The Morgan fingerprint density at radius 2 is 1.96 bits per heavy atom. The second-order valence-electron chi connectivity index (χ2n) is 6.34. The molecule has 26 heavy (non-hydrogen) atoms. The number of carbonyl (C=O) groups is 2. The number of halogens is 1. The van der Waals surface area contributed by atoms with Crippen LogP contribution in [-0.2, 0) is 17.6 Å². The Hall–Kier alpha value is -2.21. The van der Waals surface area contributed by atoms with E-state index in [9.17, 15) is 14.0 Å². The first kappa shape index (κ1) is 18.6. The van der Waals surface area contributed by atoms with Crippen molar-refractivity contribution in [1.29, 1.82) is 0 Å². The molecule has 1 amide bonds. The SMILES string of the molecule is CCCOC(=O)c1c(NC(=O)c2ccccc2F)sc2c1CCCCC2. The summed E-state index contributed by atoms with van der Waals surface area (Å²) in [5.74, 6) is -1.54. The molecule has 3 rings (SSSR count). The largest absolute Gasteiger partial charge is 0.462 e. The summed E-state index contributed by atoms with van der Waals surface area (Å²) in [6.07, 6.45) is 5.63. The Balaban J connectivity index is 1.94. The zero-order valence-electron chi connectivity index (χ0n) is 14.8. The summed E-state index contributed by atoms with van der Waals surface area (Å²) < 4.78 is 19.2. The number of benzene rings is 1. The molecule has 138 valence electrons. The van der Waals surface area contributed by atoms with Crippen LogP contribution in [0.5, 0.6) is 0 Å². The van der Waals surface area contributed by atoms with Crippen LogP contribution in [0.15, 0.2) is 24.3 Å². The minimum absolute atomic E-state index is 0.0380. The standard InChI is InChI=1S/C20H22FNO3S/c1-2-12-25-20(24)17-14-9-4-3-5-11-16(14)26-19(17)22-18(23)13-8-6-7-10-15(13)21/h6-8,10H,2-5,9,11-12H2,1H3,(H,22,23). The van der Waals surface area contributed by atoms with Crippen LogP contribution < -0.4 is 5.32 Å². The summed E-state index contributed by atoms with van der Waals surface area (Å²) in [4.78, 5) is 26.2. The molecule has 1 aromatic heterocycles. The molecule has 0 unspecified atom stereocenters. The molecule has 0 saturated carbocycles. The van der Waals surface area contributed by atoms with Crippen molar-refractivity contribution in [3.63, 3.8) is 0 Å². The molecule has 0 radical (unpaired) electrons. The number of thiophene rings is 1. The van der Waals surface area contributed by atoms with Crippen LogP contribution in [0.25, 0.3) is 0 Å². The van der Waals surface area contributed by atoms with Gasteiger partial charge in [0.15, 0.2) is 0 Å². The van der Waals surface area contributed by atoms with Crippen molar-refractivity contribution in [3.8, 4) is 0 Å². The number of anilines is 1. The first-order valence-corrected chi connectivity index (χ1v) is 9.81. The Bertz CT molecular complexity index is 815. The van der Waals surface area contributed by atoms with Gasteiger partial charge in [0.25, 0.3) is 5.91 Å². The fourth-order valence-electron chi connectivity index (χ4n) is 3.13. The number of amides is 1. The normalized spacial score (nSPS) is 13.6. The summed E-state index contributed by atoms with van der Waals surface area (Å²) in [5.41, 5.74) is 1.39. The second kappa shape index (κ2) is 8.45. The van der Waals surface area contributed by atoms with Crippen molar-refractivity contribution in [2.45, 2.75) is 45.4 Å². The molecule has 0 aliphatic heterocycles. The van der Waals surface area contributed by atoms with E-state index in [0.29, 0.717) is 17.2 Å². The van der Waals surface area contributed by atoms with Crippen LogP contribution in [0, 0.1) is 5.82 Å². The van der Waals surface area contributed by atoms with Gasteiger partial charge >= 0.3 is 5.97 Å². The van der Waals surface area contributed by atoms with Gasteiger partial charge in [0, 0.05) is 4.88 Å². The maximum Gasteiger partial charge on any atom is 0.341 e. The van der Waals surface area contributed by atoms with Gasteiger partial charge in [-0.15, -0.1) is 11.3 Å². The number of hydrogen-bond donors (Lipinski definition) is 1. The molecular weight excluding hydrogens is 353 g/mol. The highest BCUT2D eigenvalue weighted by Gasteiger charge is 2.27. The average Bonchev–Trinajstić information content (AvgIpc) is 2.81. The Labute approximate surface area is 156 Å². The molecule has 0 atom stereocenters. The van der Waals surface area contributed by atoms with Crippen molar-refractivity contribution < 1.29 is 18.7 Å². The number of aryl methyl sites for hydroxylation is 1. The summed E-state index contributed by atoms with van der Waals surface area (Å²) in [5, 5.41) is 3.21. The minimum atomic E-state index is -0.585. The van der Waals surface area contributed by atoms with E-state index in [-0.39, 0.29) is 5.56 Å². The summed E-state index contributed by atoms with van der Waals surface area (Å²) in [6.45, 7) is 2.27. The van der Waals surface area contributed by atoms with Gasteiger partial charge in [-0.3, -0.25) is 4.79 Å². The van der Waals surface area contributed by atoms with E-state index < -0.39 is 17.7 Å². The Kier molecular flexibility index (Phi) is 6.04. The van der Waals surface area contributed by atoms with Gasteiger partial charge in [0.2, 0.25) is 0 Å². The molecule has 0 spiro atoms. The van der Waals surface area contributed by atoms with Gasteiger partial charge in [0.1, 0.15) is 10.8 Å². The second-order valence-corrected chi connectivity index (χ2v) is 7.44. The number of rotatable bonds is 5. The third kappa shape index (κ3) is 3.96. The average molecular weight is 375 g/mol. The van der Waals surface area contributed by atoms with Crippen LogP contribution in [0.4, 0.5) is 9.39 Å². The predicted octanol–water partition coefficient (Wildman–Crippen LogP) is 4.98. The zero-order chi connectivity index (χ0) is 18.5. The van der Waals surface area contributed by atoms with E-state index in [1.165, 1.54) is 29.5 Å². The van der Waals surface area contributed by atoms with Crippen molar-refractivity contribution in [2.75, 3.05) is 11.9 Å². The molecule has 0 saturated heterocycles. The molecule has 2 aromatic rings. The van der Waals surface area contributed by atoms with Gasteiger partial charge in [-0.05, 0) is 49.8 Å². The maximum atomic E-state index is 13.9. The van der Waals surface area contributed by atoms with E-state index in [2.05, 4.69) is 5.32 Å². The molecule has 6 heteroatoms. The van der Waals surface area contributed by atoms with Crippen LogP contribution in [0.1, 0.15) is 63.8 Å². The monoisotopic (exact) mass is 375 g/mol. The first-order valence-electron chi connectivity index (χ1n) is 8.99. The smallest absolute Gasteiger partial charge is 0.341 e. The van der Waals surface area contributed by atoms with E-state index >= 15 is 0 Å². The number of hydrogen-bond acceptors (Lipinski definition) is 4. The van der Waals surface area contributed by atoms with Crippen molar-refractivity contribution >= 4 is 28.2 Å². The van der Waals surface area contributed by atoms with Crippen molar-refractivity contribution in [1.82, 2.24) is 0 Å². The molecular formula is C20H22FNO3S. The quantitative estimate of drug-likeness (QED) is 0.593. The van der Waals surface area contributed by atoms with Gasteiger partial charge < -0.3 is 10.1 Å². The fraction of sp³-hybridized carbons (Fsp3) is 0.400. The molecule has 1 aliphatic rings. The molecule has 0 bridgehead atoms. The van der Waals surface area contributed by atoms with Crippen LogP contribution in [0.3, 0.4) is 0 Å². The highest BCUT2D eigenvalue weighted by molar-refractivity contribution is 7.17. The summed E-state index contributed by atoms with van der Waals surface area (Å²) >= 11 is 1.41. The highest BCUT2D eigenvalue weighted by Crippen LogP contribution is 2.38. The van der Waals surface area contributed by atoms with Gasteiger partial charge in [-0.1, -0.05) is 25.5 Å². The fourth-order valence-corrected chi connectivity index (χ4v) is 4.40. The van der Waals surface area contributed by atoms with Gasteiger partial charge in [0.05, 0.1) is 17.7 Å². The lowest BCUT2D eigenvalue weighted by Crippen LogP contribution is -2.16. The van der Waals surface area contributed by atoms with E-state index in [1.54, 1.807) is 6.07 Å². The van der Waals surface area contributed by atoms with E-state index in [0.717, 1.165) is 49.0 Å². The van der Waals surface area contributed by atoms with E-state index in [4.69, 9.17) is 4.74 Å². The van der Waals surface area contributed by atoms with Crippen molar-refractivity contribution in [2.24, 2.45) is 0 Å². The van der Waals surface area contributed by atoms with E-state index in [1.807, 2.05) is 6.92 Å². The molecule has 1 aliphatic carbocycles. The zero-order valence-corrected chi connectivity index (χ0v) is 15.6. The lowest BCUT2D eigenvalue weighted by atomic mass is 10.1. The van der Waals surface area contributed by atoms with Crippen LogP contribution >= 0.6 is 11.3 Å². The summed E-state index contributed by atoms with van der Waals surface area (Å²) in [6, 6.07) is 5.82. The maximum absolute atomic E-state index is 13.9. The van der Waals surface area contributed by atoms with Gasteiger partial charge in [-0.25, -0.2) is 9.18 Å². The summed E-state index contributed by atoms with van der Waals surface area (Å²) in [7, 11) is 0. The molecule has 4 nitrogen and oxygen atoms in total. The highest BCUT2D eigenvalue weighted by atomic mass is 32.1. The molecule has 1 aromatic carbocycles. The number of nitrogens with one attached hydrogen (secondary N) is 1. The minimum Gasteiger partial charge on any atom is -0.462 e. The number of ether oxygens (including phenoxy) is 1. The number of carbonyl (C=O) groups excluding carboxylic acids is 2. The molecule has 1 heterocycles. The Morgan fingerprint density at radius 1 is 1.19 bits per heavy atom. The predicted molar refractivity (Wildman–Crippen MR) is 101 cm³/mol. The molecule has 1 N–H and O–H groups in total. The van der Waals surface area contributed by atoms with Gasteiger partial charge in [-0.2, -0.15) is 0 Å². The third-order valence-corrected chi connectivity index (χ3v) is 5.62. The van der Waals surface area contributed by atoms with Crippen LogP contribution in [-0.4, -0.2) is 18.5 Å². The van der Waals surface area contributed by atoms with Crippen molar-refractivity contribution in [3.05, 3.63) is 51.7 Å². The van der Waals surface area contributed by atoms with Crippen LogP contribution in [0.2, 0.25) is 0 Å². The number of esters is 1. The first-order chi connectivity index (χ1) is 12.6. The topological polar surface area (TPSA) is 55.4 Å². The lowest BCUT2D eigenvalue weighted by Gasteiger charge is -2.09. The number of fused-ring (bicyclic) bond motifs is 1.